The smallest absolute Gasteiger partial charge is 0.00471 e. The van der Waals surface area contributed by atoms with Gasteiger partial charge in [0.25, 0.3) is 0 Å². The van der Waals surface area contributed by atoms with Gasteiger partial charge in [-0.25, -0.2) is 0 Å². The van der Waals surface area contributed by atoms with Crippen LogP contribution in [-0.2, 0) is 5.41 Å². The van der Waals surface area contributed by atoms with E-state index in [0.29, 0.717) is 5.41 Å². The van der Waals surface area contributed by atoms with Gasteiger partial charge in [0.05, 0.1) is 0 Å². The van der Waals surface area contributed by atoms with Gasteiger partial charge in [0.2, 0.25) is 0 Å². The van der Waals surface area contributed by atoms with Crippen LogP contribution >= 0.6 is 0 Å². The van der Waals surface area contributed by atoms with Crippen LogP contribution < -0.4 is 0 Å². The van der Waals surface area contributed by atoms with Crippen LogP contribution in [0.2, 0.25) is 0 Å². The maximum Gasteiger partial charge on any atom is -0.00471 e. The Kier molecular flexibility index (Phi) is 5.74. The molecule has 0 saturated carbocycles. The molecule has 0 spiro atoms. The Balaban J connectivity index is 3.07. The minimum Gasteiger partial charge on any atom is -0.0654 e. The normalized spacial score (nSPS) is 14.6. The largest absolute Gasteiger partial charge is 0.0654 e. The van der Waals surface area contributed by atoms with Crippen molar-refractivity contribution in [1.29, 1.82) is 0 Å². The summed E-state index contributed by atoms with van der Waals surface area (Å²) in [6.07, 6.45) is 7.88. The zero-order valence-electron chi connectivity index (χ0n) is 12.1. The molecule has 0 heterocycles. The van der Waals surface area contributed by atoms with Crippen molar-refractivity contribution in [1.82, 2.24) is 0 Å². The summed E-state index contributed by atoms with van der Waals surface area (Å²) in [5.74, 6) is 0. The van der Waals surface area contributed by atoms with Crippen molar-refractivity contribution in [3.05, 3.63) is 35.4 Å². The summed E-state index contributed by atoms with van der Waals surface area (Å²) >= 11 is 0. The van der Waals surface area contributed by atoms with Gasteiger partial charge in [0.1, 0.15) is 0 Å². The van der Waals surface area contributed by atoms with Crippen molar-refractivity contribution in [2.75, 3.05) is 0 Å². The van der Waals surface area contributed by atoms with E-state index in [1.165, 1.54) is 44.1 Å². The van der Waals surface area contributed by atoms with E-state index in [-0.39, 0.29) is 0 Å². The second-order valence-corrected chi connectivity index (χ2v) is 5.30. The van der Waals surface area contributed by atoms with E-state index >= 15 is 0 Å². The first kappa shape index (κ1) is 14.3. The molecular weight excluding hydrogens is 204 g/mol. The first-order valence-corrected chi connectivity index (χ1v) is 7.26. The summed E-state index contributed by atoms with van der Waals surface area (Å²) in [6.45, 7) is 9.23. The van der Waals surface area contributed by atoms with Crippen LogP contribution in [0.3, 0.4) is 0 Å². The molecular formula is C17H28. The van der Waals surface area contributed by atoms with E-state index < -0.39 is 0 Å². The summed E-state index contributed by atoms with van der Waals surface area (Å²) in [6, 6.07) is 8.98. The number of aryl methyl sites for hydroxylation is 1. The maximum absolute atomic E-state index is 2.36. The molecule has 0 N–H and O–H groups in total. The Labute approximate surface area is 107 Å². The molecule has 1 aromatic rings. The van der Waals surface area contributed by atoms with Gasteiger partial charge in [-0.1, -0.05) is 64.3 Å². The van der Waals surface area contributed by atoms with E-state index in [1.807, 2.05) is 0 Å². The number of hydrogen-bond donors (Lipinski definition) is 0. The lowest BCUT2D eigenvalue weighted by atomic mass is 9.70. The minimum atomic E-state index is 0.427. The van der Waals surface area contributed by atoms with Gasteiger partial charge in [-0.05, 0) is 42.7 Å². The predicted octanol–water partition coefficient (Wildman–Crippen LogP) is 5.63. The lowest BCUT2D eigenvalue weighted by Gasteiger charge is -2.35. The van der Waals surface area contributed by atoms with Crippen LogP contribution in [0, 0.1) is 6.92 Å². The van der Waals surface area contributed by atoms with Crippen LogP contribution in [-0.4, -0.2) is 0 Å². The van der Waals surface area contributed by atoms with Crippen LogP contribution in [0.5, 0.6) is 0 Å². The average molecular weight is 232 g/mol. The lowest BCUT2D eigenvalue weighted by molar-refractivity contribution is 0.335. The van der Waals surface area contributed by atoms with Gasteiger partial charge in [0, 0.05) is 0 Å². The molecule has 0 aliphatic carbocycles. The maximum atomic E-state index is 2.36. The van der Waals surface area contributed by atoms with E-state index in [0.717, 1.165) is 0 Å². The van der Waals surface area contributed by atoms with Gasteiger partial charge in [-0.3, -0.25) is 0 Å². The van der Waals surface area contributed by atoms with Gasteiger partial charge >= 0.3 is 0 Å². The monoisotopic (exact) mass is 232 g/mol. The van der Waals surface area contributed by atoms with Crippen molar-refractivity contribution in [2.45, 2.75) is 71.6 Å². The van der Waals surface area contributed by atoms with Crippen molar-refractivity contribution in [2.24, 2.45) is 0 Å². The van der Waals surface area contributed by atoms with Gasteiger partial charge in [-0.2, -0.15) is 0 Å². The molecule has 1 aromatic carbocycles. The molecule has 1 rings (SSSR count). The fraction of sp³-hybridized carbons (Fsp3) is 0.647. The molecule has 0 aromatic heterocycles. The van der Waals surface area contributed by atoms with Gasteiger partial charge < -0.3 is 0 Å². The summed E-state index contributed by atoms with van der Waals surface area (Å²) in [7, 11) is 0. The minimum absolute atomic E-state index is 0.427. The molecule has 0 nitrogen and oxygen atoms in total. The number of hydrogen-bond acceptors (Lipinski definition) is 0. The van der Waals surface area contributed by atoms with Gasteiger partial charge in [0.15, 0.2) is 0 Å². The van der Waals surface area contributed by atoms with E-state index in [9.17, 15) is 0 Å². The van der Waals surface area contributed by atoms with E-state index in [2.05, 4.69) is 52.0 Å². The second kappa shape index (κ2) is 6.83. The fourth-order valence-electron chi connectivity index (χ4n) is 3.10. The Hall–Kier alpha value is -0.780. The molecule has 0 bridgehead atoms. The quantitative estimate of drug-likeness (QED) is 0.571. The lowest BCUT2D eigenvalue weighted by Crippen LogP contribution is -2.26. The zero-order chi connectivity index (χ0) is 12.7. The van der Waals surface area contributed by atoms with Gasteiger partial charge in [-0.15, -0.1) is 0 Å². The second-order valence-electron chi connectivity index (χ2n) is 5.30. The highest BCUT2D eigenvalue weighted by atomic mass is 14.3. The third-order valence-electron chi connectivity index (χ3n) is 4.13. The highest BCUT2D eigenvalue weighted by molar-refractivity contribution is 5.33. The molecule has 0 fully saturated rings. The topological polar surface area (TPSA) is 0 Å². The Morgan fingerprint density at radius 3 is 2.18 bits per heavy atom. The highest BCUT2D eigenvalue weighted by Gasteiger charge is 2.29. The standard InChI is InChI=1S/C17H28/c1-5-8-14-17(7-3,13-6-2)16-12-10-9-11-15(16)4/h9-12H,5-8,13-14H2,1-4H3. The summed E-state index contributed by atoms with van der Waals surface area (Å²) in [4.78, 5) is 0. The SMILES string of the molecule is CCCCC(CC)(CCC)c1ccccc1C. The van der Waals surface area contributed by atoms with Crippen molar-refractivity contribution >= 4 is 0 Å². The van der Waals surface area contributed by atoms with Crippen molar-refractivity contribution in [3.8, 4) is 0 Å². The average Bonchev–Trinajstić information content (AvgIpc) is 2.35. The van der Waals surface area contributed by atoms with E-state index in [4.69, 9.17) is 0 Å². The molecule has 0 aliphatic heterocycles. The number of unbranched alkanes of at least 4 members (excludes halogenated alkanes) is 1. The molecule has 0 radical (unpaired) electrons. The molecule has 1 unspecified atom stereocenters. The molecule has 0 aliphatic rings. The fourth-order valence-corrected chi connectivity index (χ4v) is 3.10. The molecule has 96 valence electrons. The van der Waals surface area contributed by atoms with Crippen LogP contribution in [0.4, 0.5) is 0 Å². The molecule has 1 atom stereocenters. The first-order chi connectivity index (χ1) is 8.20. The Bertz CT molecular complexity index is 327. The van der Waals surface area contributed by atoms with E-state index in [1.54, 1.807) is 5.56 Å². The Morgan fingerprint density at radius 1 is 0.941 bits per heavy atom. The van der Waals surface area contributed by atoms with Crippen molar-refractivity contribution < 1.29 is 0 Å². The molecule has 17 heavy (non-hydrogen) atoms. The van der Waals surface area contributed by atoms with Crippen LogP contribution in [0.15, 0.2) is 24.3 Å². The zero-order valence-corrected chi connectivity index (χ0v) is 12.1. The Morgan fingerprint density at radius 2 is 1.65 bits per heavy atom. The van der Waals surface area contributed by atoms with Crippen LogP contribution in [0.1, 0.15) is 70.4 Å². The number of benzene rings is 1. The third-order valence-corrected chi connectivity index (χ3v) is 4.13. The molecule has 0 amide bonds. The molecule has 0 saturated heterocycles. The van der Waals surface area contributed by atoms with Crippen LogP contribution in [0.25, 0.3) is 0 Å². The summed E-state index contributed by atoms with van der Waals surface area (Å²) in [5.41, 5.74) is 3.49. The molecule has 0 heteroatoms. The summed E-state index contributed by atoms with van der Waals surface area (Å²) < 4.78 is 0. The first-order valence-electron chi connectivity index (χ1n) is 7.26. The summed E-state index contributed by atoms with van der Waals surface area (Å²) in [5, 5.41) is 0. The highest BCUT2D eigenvalue weighted by Crippen LogP contribution is 2.39. The van der Waals surface area contributed by atoms with Crippen molar-refractivity contribution in [3.63, 3.8) is 0 Å². The predicted molar refractivity (Wildman–Crippen MR) is 77.6 cm³/mol. The number of rotatable bonds is 7. The third kappa shape index (κ3) is 3.34.